The Morgan fingerprint density at radius 2 is 2.06 bits per heavy atom. The van der Waals surface area contributed by atoms with E-state index in [9.17, 15) is 0 Å². The fourth-order valence-electron chi connectivity index (χ4n) is 1.75. The molecule has 2 nitrogen and oxygen atoms in total. The number of hydrogen-bond acceptors (Lipinski definition) is 2. The Bertz CT molecular complexity index is 700. The van der Waals surface area contributed by atoms with Crippen molar-refractivity contribution < 1.29 is 0 Å². The highest BCUT2D eigenvalue weighted by molar-refractivity contribution is 7.20. The molecule has 1 aromatic carbocycles. The third kappa shape index (κ3) is 1.95. The minimum absolute atomic E-state index is 0.658. The summed E-state index contributed by atoms with van der Waals surface area (Å²) in [6.07, 6.45) is 0. The SMILES string of the molecule is Cc1ccc2nc(-c3cc(Cl)sc3Cl)[nH]c2c1. The molecule has 0 spiro atoms. The van der Waals surface area contributed by atoms with Crippen LogP contribution in [0.1, 0.15) is 5.56 Å². The minimum atomic E-state index is 0.658. The summed E-state index contributed by atoms with van der Waals surface area (Å²) < 4.78 is 1.33. The maximum Gasteiger partial charge on any atom is 0.140 e. The number of imidazole rings is 1. The minimum Gasteiger partial charge on any atom is -0.338 e. The molecule has 0 radical (unpaired) electrons. The molecule has 0 saturated carbocycles. The summed E-state index contributed by atoms with van der Waals surface area (Å²) in [4.78, 5) is 7.77. The van der Waals surface area contributed by atoms with E-state index in [0.29, 0.717) is 8.67 Å². The van der Waals surface area contributed by atoms with Crippen LogP contribution in [0.15, 0.2) is 24.3 Å². The van der Waals surface area contributed by atoms with E-state index in [0.717, 1.165) is 22.4 Å². The molecule has 5 heteroatoms. The van der Waals surface area contributed by atoms with Crippen molar-refractivity contribution in [2.45, 2.75) is 6.92 Å². The number of H-pyrrole nitrogens is 1. The van der Waals surface area contributed by atoms with Gasteiger partial charge in [0.25, 0.3) is 0 Å². The van der Waals surface area contributed by atoms with E-state index in [1.807, 2.05) is 25.1 Å². The van der Waals surface area contributed by atoms with Gasteiger partial charge in [0.05, 0.1) is 15.4 Å². The average Bonchev–Trinajstić information content (AvgIpc) is 2.80. The Labute approximate surface area is 112 Å². The molecule has 3 rings (SSSR count). The summed E-state index contributed by atoms with van der Waals surface area (Å²) in [6, 6.07) is 7.93. The second kappa shape index (κ2) is 4.02. The predicted molar refractivity (Wildman–Crippen MR) is 74.2 cm³/mol. The number of nitrogens with zero attached hydrogens (tertiary/aromatic N) is 1. The van der Waals surface area contributed by atoms with Gasteiger partial charge >= 0.3 is 0 Å². The molecule has 0 aliphatic heterocycles. The van der Waals surface area contributed by atoms with Crippen LogP contribution in [0.3, 0.4) is 0 Å². The van der Waals surface area contributed by atoms with Gasteiger partial charge in [-0.25, -0.2) is 4.98 Å². The van der Waals surface area contributed by atoms with Crippen LogP contribution < -0.4 is 0 Å². The third-order valence-electron chi connectivity index (χ3n) is 2.55. The Morgan fingerprint density at radius 3 is 2.76 bits per heavy atom. The molecule has 0 amide bonds. The molecule has 1 N–H and O–H groups in total. The summed E-state index contributed by atoms with van der Waals surface area (Å²) in [5.41, 5.74) is 4.00. The molecule has 0 aliphatic rings. The molecule has 0 fully saturated rings. The molecule has 86 valence electrons. The van der Waals surface area contributed by atoms with Crippen molar-refractivity contribution in [1.29, 1.82) is 0 Å². The number of hydrogen-bond donors (Lipinski definition) is 1. The quantitative estimate of drug-likeness (QED) is 0.675. The lowest BCUT2D eigenvalue weighted by Crippen LogP contribution is -1.76. The highest BCUT2D eigenvalue weighted by atomic mass is 35.5. The Hall–Kier alpha value is -1.03. The summed E-state index contributed by atoms with van der Waals surface area (Å²) >= 11 is 13.4. The fourth-order valence-corrected chi connectivity index (χ4v) is 3.22. The van der Waals surface area contributed by atoms with E-state index < -0.39 is 0 Å². The van der Waals surface area contributed by atoms with Crippen LogP contribution in [0.25, 0.3) is 22.4 Å². The molecular weight excluding hydrogens is 275 g/mol. The van der Waals surface area contributed by atoms with Crippen molar-refractivity contribution >= 4 is 45.6 Å². The smallest absolute Gasteiger partial charge is 0.140 e. The largest absolute Gasteiger partial charge is 0.338 e. The van der Waals surface area contributed by atoms with Crippen LogP contribution in [0, 0.1) is 6.92 Å². The van der Waals surface area contributed by atoms with Crippen molar-refractivity contribution in [3.63, 3.8) is 0 Å². The van der Waals surface area contributed by atoms with E-state index in [4.69, 9.17) is 23.2 Å². The summed E-state index contributed by atoms with van der Waals surface area (Å²) in [5, 5.41) is 0. The van der Waals surface area contributed by atoms with Crippen molar-refractivity contribution in [2.75, 3.05) is 0 Å². The summed E-state index contributed by atoms with van der Waals surface area (Å²) in [7, 11) is 0. The first-order valence-electron chi connectivity index (χ1n) is 5.05. The fraction of sp³-hybridized carbons (Fsp3) is 0.0833. The highest BCUT2D eigenvalue weighted by Gasteiger charge is 2.12. The van der Waals surface area contributed by atoms with Crippen molar-refractivity contribution in [3.8, 4) is 11.4 Å². The number of thiophene rings is 1. The van der Waals surface area contributed by atoms with E-state index >= 15 is 0 Å². The van der Waals surface area contributed by atoms with Crippen molar-refractivity contribution in [2.24, 2.45) is 0 Å². The number of halogens is 2. The van der Waals surface area contributed by atoms with Gasteiger partial charge in [0.2, 0.25) is 0 Å². The van der Waals surface area contributed by atoms with E-state index in [1.54, 1.807) is 0 Å². The van der Waals surface area contributed by atoms with Crippen LogP contribution in [0.2, 0.25) is 8.67 Å². The van der Waals surface area contributed by atoms with Crippen molar-refractivity contribution in [1.82, 2.24) is 9.97 Å². The van der Waals surface area contributed by atoms with E-state index in [-0.39, 0.29) is 0 Å². The maximum atomic E-state index is 6.11. The lowest BCUT2D eigenvalue weighted by Gasteiger charge is -1.90. The standard InChI is InChI=1S/C12H8Cl2N2S/c1-6-2-3-8-9(4-6)16-12(15-8)7-5-10(13)17-11(7)14/h2-5H,1H3,(H,15,16). The van der Waals surface area contributed by atoms with Crippen LogP contribution in [0.5, 0.6) is 0 Å². The molecule has 2 aromatic heterocycles. The third-order valence-corrected chi connectivity index (χ3v) is 4.04. The Morgan fingerprint density at radius 1 is 1.24 bits per heavy atom. The molecule has 0 saturated heterocycles. The molecule has 3 aromatic rings. The normalized spacial score (nSPS) is 11.2. The molecule has 0 atom stereocenters. The van der Waals surface area contributed by atoms with E-state index in [2.05, 4.69) is 16.0 Å². The van der Waals surface area contributed by atoms with E-state index in [1.165, 1.54) is 16.9 Å². The second-order valence-electron chi connectivity index (χ2n) is 3.84. The van der Waals surface area contributed by atoms with Gasteiger partial charge in [-0.05, 0) is 30.7 Å². The lowest BCUT2D eigenvalue weighted by molar-refractivity contribution is 1.35. The number of fused-ring (bicyclic) bond motifs is 1. The number of aryl methyl sites for hydroxylation is 1. The maximum absolute atomic E-state index is 6.11. The van der Waals surface area contributed by atoms with Crippen LogP contribution in [0.4, 0.5) is 0 Å². The highest BCUT2D eigenvalue weighted by Crippen LogP contribution is 2.37. The second-order valence-corrected chi connectivity index (χ2v) is 6.13. The molecular formula is C12H8Cl2N2S. The molecule has 0 aliphatic carbocycles. The predicted octanol–water partition coefficient (Wildman–Crippen LogP) is 4.91. The van der Waals surface area contributed by atoms with Crippen LogP contribution >= 0.6 is 34.5 Å². The molecule has 0 unspecified atom stereocenters. The number of rotatable bonds is 1. The first kappa shape index (κ1) is 11.1. The van der Waals surface area contributed by atoms with Gasteiger partial charge in [-0.3, -0.25) is 0 Å². The summed E-state index contributed by atoms with van der Waals surface area (Å²) in [6.45, 7) is 2.05. The number of nitrogens with one attached hydrogen (secondary N) is 1. The first-order chi connectivity index (χ1) is 8.13. The van der Waals surface area contributed by atoms with Gasteiger partial charge in [-0.1, -0.05) is 29.3 Å². The van der Waals surface area contributed by atoms with Crippen LogP contribution in [-0.2, 0) is 0 Å². The van der Waals surface area contributed by atoms with Gasteiger partial charge in [-0.15, -0.1) is 11.3 Å². The number of aromatic amines is 1. The zero-order valence-corrected chi connectivity index (χ0v) is 11.2. The van der Waals surface area contributed by atoms with Gasteiger partial charge in [-0.2, -0.15) is 0 Å². The topological polar surface area (TPSA) is 28.7 Å². The summed E-state index contributed by atoms with van der Waals surface area (Å²) in [5.74, 6) is 0.763. The molecule has 17 heavy (non-hydrogen) atoms. The Kier molecular flexibility index (Phi) is 2.62. The van der Waals surface area contributed by atoms with Gasteiger partial charge in [0.15, 0.2) is 0 Å². The average molecular weight is 283 g/mol. The Balaban J connectivity index is 2.21. The van der Waals surface area contributed by atoms with Gasteiger partial charge in [0, 0.05) is 5.56 Å². The van der Waals surface area contributed by atoms with Crippen molar-refractivity contribution in [3.05, 3.63) is 38.5 Å². The van der Waals surface area contributed by atoms with Gasteiger partial charge < -0.3 is 4.98 Å². The lowest BCUT2D eigenvalue weighted by atomic mass is 10.2. The van der Waals surface area contributed by atoms with Gasteiger partial charge in [0.1, 0.15) is 10.2 Å². The molecule has 2 heterocycles. The zero-order chi connectivity index (χ0) is 12.0. The monoisotopic (exact) mass is 282 g/mol. The number of aromatic nitrogens is 2. The molecule has 0 bridgehead atoms. The number of benzene rings is 1. The van der Waals surface area contributed by atoms with Crippen LogP contribution in [-0.4, -0.2) is 9.97 Å². The zero-order valence-electron chi connectivity index (χ0n) is 8.92. The first-order valence-corrected chi connectivity index (χ1v) is 6.62.